The zero-order valence-electron chi connectivity index (χ0n) is 12.5. The lowest BCUT2D eigenvalue weighted by Crippen LogP contribution is -2.46. The van der Waals surface area contributed by atoms with Crippen LogP contribution in [0.1, 0.15) is 31.2 Å². The van der Waals surface area contributed by atoms with Crippen molar-refractivity contribution in [3.63, 3.8) is 0 Å². The maximum Gasteiger partial charge on any atom is 0.283 e. The molecule has 2 heterocycles. The van der Waals surface area contributed by atoms with E-state index >= 15 is 0 Å². The molecule has 122 valence electrons. The van der Waals surface area contributed by atoms with Gasteiger partial charge in [0.25, 0.3) is 5.69 Å². The molecule has 2 saturated heterocycles. The van der Waals surface area contributed by atoms with Crippen LogP contribution >= 0.6 is 28.3 Å². The van der Waals surface area contributed by atoms with Crippen molar-refractivity contribution < 1.29 is 4.92 Å². The molecule has 7 heteroatoms. The predicted molar refractivity (Wildman–Crippen MR) is 92.5 cm³/mol. The Morgan fingerprint density at radius 3 is 2.59 bits per heavy atom. The van der Waals surface area contributed by atoms with E-state index in [1.165, 1.54) is 25.7 Å². The summed E-state index contributed by atoms with van der Waals surface area (Å²) in [6.45, 7) is 0.762. The summed E-state index contributed by atoms with van der Waals surface area (Å²) in [4.78, 5) is 13.0. The van der Waals surface area contributed by atoms with Gasteiger partial charge in [0, 0.05) is 30.7 Å². The molecule has 2 aliphatic rings. The van der Waals surface area contributed by atoms with Gasteiger partial charge in [0.15, 0.2) is 0 Å². The molecule has 1 aromatic carbocycles. The van der Waals surface area contributed by atoms with Crippen molar-refractivity contribution in [1.29, 1.82) is 0 Å². The van der Waals surface area contributed by atoms with Gasteiger partial charge in [-0.2, -0.15) is 0 Å². The van der Waals surface area contributed by atoms with Crippen LogP contribution in [0.3, 0.4) is 0 Å². The zero-order chi connectivity index (χ0) is 15.0. The quantitative estimate of drug-likeness (QED) is 0.631. The van der Waals surface area contributed by atoms with Gasteiger partial charge in [0.05, 0.1) is 9.40 Å². The Kier molecular flexibility index (Phi) is 5.82. The molecule has 2 unspecified atom stereocenters. The largest absolute Gasteiger partial charge is 0.311 e. The minimum Gasteiger partial charge on any atom is -0.311 e. The number of nitro benzene ring substituents is 1. The highest BCUT2D eigenvalue weighted by Crippen LogP contribution is 2.31. The summed E-state index contributed by atoms with van der Waals surface area (Å²) in [6.07, 6.45) is 4.95. The number of fused-ring (bicyclic) bond motifs is 2. The topological polar surface area (TPSA) is 58.4 Å². The van der Waals surface area contributed by atoms with E-state index in [-0.39, 0.29) is 23.0 Å². The number of nitrogens with one attached hydrogen (secondary N) is 1. The van der Waals surface area contributed by atoms with E-state index in [0.717, 1.165) is 12.1 Å². The van der Waals surface area contributed by atoms with E-state index in [1.54, 1.807) is 12.1 Å². The van der Waals surface area contributed by atoms with Gasteiger partial charge >= 0.3 is 0 Å². The molecule has 0 saturated carbocycles. The molecule has 22 heavy (non-hydrogen) atoms. The molecule has 2 bridgehead atoms. The first kappa shape index (κ1) is 17.7. The SMILES string of the molecule is CN(Cc1ccc(Br)c([N+](=O)[O-])c1)C1CC2CCC(C1)N2.Cl. The van der Waals surface area contributed by atoms with E-state index in [9.17, 15) is 10.1 Å². The summed E-state index contributed by atoms with van der Waals surface area (Å²) in [5.41, 5.74) is 1.14. The van der Waals surface area contributed by atoms with E-state index in [2.05, 4.69) is 33.2 Å². The number of nitrogens with zero attached hydrogens (tertiary/aromatic N) is 2. The van der Waals surface area contributed by atoms with Gasteiger partial charge in [-0.25, -0.2) is 0 Å². The van der Waals surface area contributed by atoms with Gasteiger partial charge in [-0.15, -0.1) is 12.4 Å². The van der Waals surface area contributed by atoms with Crippen molar-refractivity contribution >= 4 is 34.0 Å². The highest BCUT2D eigenvalue weighted by atomic mass is 79.9. The summed E-state index contributed by atoms with van der Waals surface area (Å²) in [6, 6.07) is 7.31. The predicted octanol–water partition coefficient (Wildman–Crippen LogP) is 3.49. The molecular weight excluding hydrogens is 370 g/mol. The van der Waals surface area contributed by atoms with E-state index in [4.69, 9.17) is 0 Å². The van der Waals surface area contributed by atoms with E-state index in [1.807, 2.05) is 6.07 Å². The lowest BCUT2D eigenvalue weighted by molar-refractivity contribution is -0.385. The van der Waals surface area contributed by atoms with Crippen LogP contribution in [0.2, 0.25) is 0 Å². The Morgan fingerprint density at radius 2 is 2.00 bits per heavy atom. The normalized spacial score (nSPS) is 26.8. The van der Waals surface area contributed by atoms with Crippen molar-refractivity contribution in [3.8, 4) is 0 Å². The fourth-order valence-electron chi connectivity index (χ4n) is 3.60. The molecular formula is C15H21BrClN3O2. The first-order chi connectivity index (χ1) is 10.0. The van der Waals surface area contributed by atoms with Crippen LogP contribution in [-0.2, 0) is 6.54 Å². The van der Waals surface area contributed by atoms with Gasteiger partial charge in [-0.05, 0) is 60.3 Å². The third-order valence-electron chi connectivity index (χ3n) is 4.71. The first-order valence-corrected chi connectivity index (χ1v) is 8.21. The summed E-state index contributed by atoms with van der Waals surface area (Å²) >= 11 is 3.23. The average Bonchev–Trinajstić information content (AvgIpc) is 2.79. The number of piperidine rings is 1. The molecule has 2 fully saturated rings. The smallest absolute Gasteiger partial charge is 0.283 e. The fourth-order valence-corrected chi connectivity index (χ4v) is 3.99. The monoisotopic (exact) mass is 389 g/mol. The van der Waals surface area contributed by atoms with Gasteiger partial charge < -0.3 is 5.32 Å². The summed E-state index contributed by atoms with van der Waals surface area (Å²) in [5.74, 6) is 0. The molecule has 2 aliphatic heterocycles. The van der Waals surface area contributed by atoms with Crippen molar-refractivity contribution in [1.82, 2.24) is 10.2 Å². The Labute approximate surface area is 145 Å². The Balaban J connectivity index is 0.00000176. The third-order valence-corrected chi connectivity index (χ3v) is 5.38. The molecule has 5 nitrogen and oxygen atoms in total. The van der Waals surface area contributed by atoms with Crippen molar-refractivity contribution in [2.24, 2.45) is 0 Å². The van der Waals surface area contributed by atoms with Gasteiger partial charge in [-0.3, -0.25) is 15.0 Å². The van der Waals surface area contributed by atoms with Crippen LogP contribution in [0.15, 0.2) is 22.7 Å². The number of benzene rings is 1. The van der Waals surface area contributed by atoms with Crippen molar-refractivity contribution in [2.45, 2.75) is 50.4 Å². The van der Waals surface area contributed by atoms with Crippen molar-refractivity contribution in [3.05, 3.63) is 38.3 Å². The van der Waals surface area contributed by atoms with Crippen LogP contribution in [-0.4, -0.2) is 35.0 Å². The highest BCUT2D eigenvalue weighted by Gasteiger charge is 2.35. The first-order valence-electron chi connectivity index (χ1n) is 7.42. The lowest BCUT2D eigenvalue weighted by atomic mass is 9.98. The molecule has 0 amide bonds. The minimum atomic E-state index is -0.335. The Hall–Kier alpha value is -0.690. The fraction of sp³-hybridized carbons (Fsp3) is 0.600. The molecule has 0 aromatic heterocycles. The number of nitro groups is 1. The summed E-state index contributed by atoms with van der Waals surface area (Å²) in [7, 11) is 2.13. The number of hydrogen-bond donors (Lipinski definition) is 1. The second-order valence-electron chi connectivity index (χ2n) is 6.22. The van der Waals surface area contributed by atoms with Gasteiger partial charge in [0.2, 0.25) is 0 Å². The highest BCUT2D eigenvalue weighted by molar-refractivity contribution is 9.10. The Bertz CT molecular complexity index is 546. The molecule has 0 spiro atoms. The number of rotatable bonds is 4. The van der Waals surface area contributed by atoms with Gasteiger partial charge in [0.1, 0.15) is 0 Å². The lowest BCUT2D eigenvalue weighted by Gasteiger charge is -2.35. The second kappa shape index (κ2) is 7.25. The van der Waals surface area contributed by atoms with Crippen molar-refractivity contribution in [2.75, 3.05) is 7.05 Å². The van der Waals surface area contributed by atoms with E-state index in [0.29, 0.717) is 22.6 Å². The maximum absolute atomic E-state index is 11.0. The van der Waals surface area contributed by atoms with E-state index < -0.39 is 0 Å². The van der Waals surface area contributed by atoms with Crippen LogP contribution in [0, 0.1) is 10.1 Å². The maximum atomic E-state index is 11.0. The molecule has 1 N–H and O–H groups in total. The van der Waals surface area contributed by atoms with Crippen LogP contribution < -0.4 is 5.32 Å². The summed E-state index contributed by atoms with van der Waals surface area (Å²) in [5, 5.41) is 14.7. The zero-order valence-corrected chi connectivity index (χ0v) is 14.9. The van der Waals surface area contributed by atoms with Gasteiger partial charge in [-0.1, -0.05) is 6.07 Å². The average molecular weight is 391 g/mol. The third kappa shape index (κ3) is 3.79. The van der Waals surface area contributed by atoms with Crippen LogP contribution in [0.4, 0.5) is 5.69 Å². The minimum absolute atomic E-state index is 0. The second-order valence-corrected chi connectivity index (χ2v) is 7.08. The molecule has 2 atom stereocenters. The molecule has 0 radical (unpaired) electrons. The van der Waals surface area contributed by atoms with Crippen LogP contribution in [0.25, 0.3) is 0 Å². The molecule has 0 aliphatic carbocycles. The standard InChI is InChI=1S/C15H20BrN3O2.ClH/c1-18(13-7-11-3-4-12(8-13)17-11)9-10-2-5-14(16)15(6-10)19(20)21;/h2,5-6,11-13,17H,3-4,7-9H2,1H3;1H. The number of hydrogen-bond acceptors (Lipinski definition) is 4. The molecule has 1 aromatic rings. The number of halogens is 2. The van der Waals surface area contributed by atoms with Crippen LogP contribution in [0.5, 0.6) is 0 Å². The Morgan fingerprint density at radius 1 is 1.36 bits per heavy atom. The summed E-state index contributed by atoms with van der Waals surface area (Å²) < 4.78 is 0.541. The molecule has 3 rings (SSSR count).